The Labute approximate surface area is 157 Å². The van der Waals surface area contributed by atoms with Crippen LogP contribution in [0.25, 0.3) is 0 Å². The number of likely N-dealkylation sites (tertiary alicyclic amines) is 1. The molecule has 144 valence electrons. The van der Waals surface area contributed by atoms with Crippen LogP contribution in [0.2, 0.25) is 0 Å². The first kappa shape index (κ1) is 18.8. The number of aromatic nitrogens is 1. The summed E-state index contributed by atoms with van der Waals surface area (Å²) >= 11 is 0. The maximum atomic E-state index is 12.9. The number of hydrogen-bond acceptors (Lipinski definition) is 5. The van der Waals surface area contributed by atoms with Crippen LogP contribution in [0.3, 0.4) is 0 Å². The number of piperidine rings is 1. The number of ether oxygens (including phenoxy) is 1. The SMILES string of the molecule is COc1ncc(NC(=O)N2CCC(C)CC2c2ccc(C)o2)cc1C(N)=O. The van der Waals surface area contributed by atoms with Gasteiger partial charge in [-0.3, -0.25) is 4.79 Å². The lowest BCUT2D eigenvalue weighted by molar-refractivity contribution is 0.0996. The summed E-state index contributed by atoms with van der Waals surface area (Å²) in [5.74, 6) is 1.53. The largest absolute Gasteiger partial charge is 0.480 e. The van der Waals surface area contributed by atoms with Crippen molar-refractivity contribution >= 4 is 17.6 Å². The first-order chi connectivity index (χ1) is 12.9. The Kier molecular flexibility index (Phi) is 5.34. The summed E-state index contributed by atoms with van der Waals surface area (Å²) in [7, 11) is 1.40. The predicted octanol–water partition coefficient (Wildman–Crippen LogP) is 3.10. The molecule has 8 nitrogen and oxygen atoms in total. The lowest BCUT2D eigenvalue weighted by atomic mass is 9.91. The van der Waals surface area contributed by atoms with Crippen LogP contribution in [-0.4, -0.2) is 35.5 Å². The van der Waals surface area contributed by atoms with E-state index in [-0.39, 0.29) is 23.5 Å². The molecule has 3 heterocycles. The molecule has 1 aliphatic heterocycles. The molecule has 0 aliphatic carbocycles. The van der Waals surface area contributed by atoms with Crippen LogP contribution in [-0.2, 0) is 0 Å². The van der Waals surface area contributed by atoms with E-state index < -0.39 is 5.91 Å². The number of nitrogens with one attached hydrogen (secondary N) is 1. The summed E-state index contributed by atoms with van der Waals surface area (Å²) in [4.78, 5) is 30.3. The third kappa shape index (κ3) is 4.05. The van der Waals surface area contributed by atoms with Gasteiger partial charge in [0.05, 0.1) is 25.0 Å². The number of amides is 3. The van der Waals surface area contributed by atoms with Gasteiger partial charge in [0.1, 0.15) is 17.1 Å². The minimum Gasteiger partial charge on any atom is -0.480 e. The fraction of sp³-hybridized carbons (Fsp3) is 0.421. The zero-order valence-electron chi connectivity index (χ0n) is 15.7. The minimum absolute atomic E-state index is 0.112. The van der Waals surface area contributed by atoms with Gasteiger partial charge in [0.15, 0.2) is 0 Å². The molecule has 1 fully saturated rings. The Balaban J connectivity index is 1.81. The number of pyridine rings is 1. The molecule has 0 aromatic carbocycles. The normalized spacial score (nSPS) is 19.6. The summed E-state index contributed by atoms with van der Waals surface area (Å²) < 4.78 is 10.8. The summed E-state index contributed by atoms with van der Waals surface area (Å²) in [5, 5.41) is 2.80. The molecule has 3 amide bonds. The average Bonchev–Trinajstić information content (AvgIpc) is 3.07. The summed E-state index contributed by atoms with van der Waals surface area (Å²) in [6.07, 6.45) is 3.17. The van der Waals surface area contributed by atoms with Crippen molar-refractivity contribution in [3.05, 3.63) is 41.5 Å². The van der Waals surface area contributed by atoms with Gasteiger partial charge in [-0.1, -0.05) is 6.92 Å². The molecule has 2 atom stereocenters. The molecular weight excluding hydrogens is 348 g/mol. The van der Waals surface area contributed by atoms with E-state index in [1.807, 2.05) is 19.1 Å². The van der Waals surface area contributed by atoms with Gasteiger partial charge in [0.2, 0.25) is 5.88 Å². The highest BCUT2D eigenvalue weighted by molar-refractivity contribution is 5.97. The number of nitrogens with two attached hydrogens (primary N) is 1. The van der Waals surface area contributed by atoms with E-state index in [4.69, 9.17) is 14.9 Å². The van der Waals surface area contributed by atoms with Gasteiger partial charge in [0.25, 0.3) is 5.91 Å². The summed E-state index contributed by atoms with van der Waals surface area (Å²) in [5.41, 5.74) is 5.84. The second kappa shape index (κ2) is 7.69. The van der Waals surface area contributed by atoms with E-state index in [9.17, 15) is 9.59 Å². The number of carbonyl (C=O) groups is 2. The van der Waals surface area contributed by atoms with Gasteiger partial charge in [0, 0.05) is 6.54 Å². The van der Waals surface area contributed by atoms with E-state index >= 15 is 0 Å². The van der Waals surface area contributed by atoms with Gasteiger partial charge in [-0.2, -0.15) is 0 Å². The molecule has 0 spiro atoms. The molecule has 2 unspecified atom stereocenters. The van der Waals surface area contributed by atoms with E-state index in [0.717, 1.165) is 24.4 Å². The van der Waals surface area contributed by atoms with Crippen molar-refractivity contribution in [2.45, 2.75) is 32.7 Å². The van der Waals surface area contributed by atoms with E-state index in [1.54, 1.807) is 4.90 Å². The van der Waals surface area contributed by atoms with Crippen LogP contribution in [0, 0.1) is 12.8 Å². The number of furan rings is 1. The molecule has 2 aromatic heterocycles. The number of aryl methyl sites for hydroxylation is 1. The van der Waals surface area contributed by atoms with Crippen molar-refractivity contribution in [2.24, 2.45) is 11.7 Å². The topological polar surface area (TPSA) is 111 Å². The Hall–Kier alpha value is -3.03. The van der Waals surface area contributed by atoms with E-state index in [0.29, 0.717) is 18.2 Å². The molecule has 8 heteroatoms. The number of carbonyl (C=O) groups excluding carboxylic acids is 2. The third-order valence-corrected chi connectivity index (χ3v) is 4.78. The fourth-order valence-electron chi connectivity index (χ4n) is 3.34. The molecule has 0 saturated carbocycles. The molecule has 2 aromatic rings. The number of rotatable bonds is 4. The van der Waals surface area contributed by atoms with Crippen LogP contribution < -0.4 is 15.8 Å². The van der Waals surface area contributed by atoms with E-state index in [1.165, 1.54) is 19.4 Å². The monoisotopic (exact) mass is 372 g/mol. The smallest absolute Gasteiger partial charge is 0.322 e. The minimum atomic E-state index is -0.675. The third-order valence-electron chi connectivity index (χ3n) is 4.78. The second-order valence-corrected chi connectivity index (χ2v) is 6.86. The van der Waals surface area contributed by atoms with Gasteiger partial charge in [-0.15, -0.1) is 0 Å². The standard InChI is InChI=1S/C19H24N4O4/c1-11-6-7-23(15(8-11)16-5-4-12(2)27-16)19(25)22-13-9-14(17(20)24)18(26-3)21-10-13/h4-5,9-11,15H,6-8H2,1-3H3,(H2,20,24)(H,22,25). The number of methoxy groups -OCH3 is 1. The molecule has 0 radical (unpaired) electrons. The lowest BCUT2D eigenvalue weighted by Gasteiger charge is -2.37. The summed E-state index contributed by atoms with van der Waals surface area (Å²) in [6.45, 7) is 4.67. The van der Waals surface area contributed by atoms with Crippen LogP contribution in [0.15, 0.2) is 28.8 Å². The van der Waals surface area contributed by atoms with Crippen molar-refractivity contribution in [2.75, 3.05) is 19.0 Å². The Morgan fingerprint density at radius 2 is 2.19 bits per heavy atom. The molecular formula is C19H24N4O4. The Bertz CT molecular complexity index is 848. The highest BCUT2D eigenvalue weighted by Gasteiger charge is 2.33. The van der Waals surface area contributed by atoms with Crippen LogP contribution in [0.1, 0.15) is 47.7 Å². The highest BCUT2D eigenvalue weighted by Crippen LogP contribution is 2.35. The number of hydrogen-bond donors (Lipinski definition) is 2. The van der Waals surface area contributed by atoms with Crippen molar-refractivity contribution < 1.29 is 18.7 Å². The van der Waals surface area contributed by atoms with Crippen molar-refractivity contribution in [1.29, 1.82) is 0 Å². The zero-order valence-corrected chi connectivity index (χ0v) is 15.7. The predicted molar refractivity (Wildman–Crippen MR) is 99.6 cm³/mol. The number of nitrogens with zero attached hydrogens (tertiary/aromatic N) is 2. The van der Waals surface area contributed by atoms with E-state index in [2.05, 4.69) is 17.2 Å². The maximum Gasteiger partial charge on any atom is 0.322 e. The van der Waals surface area contributed by atoms with Crippen molar-refractivity contribution in [1.82, 2.24) is 9.88 Å². The molecule has 3 N–H and O–H groups in total. The zero-order chi connectivity index (χ0) is 19.6. The van der Waals surface area contributed by atoms with Gasteiger partial charge in [-0.25, -0.2) is 9.78 Å². The molecule has 1 saturated heterocycles. The fourth-order valence-corrected chi connectivity index (χ4v) is 3.34. The first-order valence-electron chi connectivity index (χ1n) is 8.86. The number of anilines is 1. The van der Waals surface area contributed by atoms with Crippen LogP contribution in [0.5, 0.6) is 5.88 Å². The molecule has 0 bridgehead atoms. The Morgan fingerprint density at radius 3 is 2.81 bits per heavy atom. The summed E-state index contributed by atoms with van der Waals surface area (Å²) in [6, 6.07) is 4.87. The Morgan fingerprint density at radius 1 is 1.41 bits per heavy atom. The van der Waals surface area contributed by atoms with Crippen LogP contribution in [0.4, 0.5) is 10.5 Å². The van der Waals surface area contributed by atoms with Crippen molar-refractivity contribution in [3.63, 3.8) is 0 Å². The molecule has 27 heavy (non-hydrogen) atoms. The first-order valence-corrected chi connectivity index (χ1v) is 8.86. The average molecular weight is 372 g/mol. The highest BCUT2D eigenvalue weighted by atomic mass is 16.5. The second-order valence-electron chi connectivity index (χ2n) is 6.86. The van der Waals surface area contributed by atoms with Crippen LogP contribution >= 0.6 is 0 Å². The maximum absolute atomic E-state index is 12.9. The molecule has 3 rings (SSSR count). The number of primary amides is 1. The number of urea groups is 1. The molecule has 1 aliphatic rings. The quantitative estimate of drug-likeness (QED) is 0.857. The lowest BCUT2D eigenvalue weighted by Crippen LogP contribution is -2.42. The van der Waals surface area contributed by atoms with Gasteiger partial charge >= 0.3 is 6.03 Å². The van der Waals surface area contributed by atoms with Gasteiger partial charge in [-0.05, 0) is 43.9 Å². The van der Waals surface area contributed by atoms with Crippen molar-refractivity contribution in [3.8, 4) is 5.88 Å². The van der Waals surface area contributed by atoms with Gasteiger partial charge < -0.3 is 25.1 Å².